The Morgan fingerprint density at radius 1 is 0.795 bits per heavy atom. The van der Waals surface area contributed by atoms with Gasteiger partial charge in [0.05, 0.1) is 5.71 Å². The first-order chi connectivity index (χ1) is 21.5. The molecule has 2 aliphatic carbocycles. The van der Waals surface area contributed by atoms with Crippen molar-refractivity contribution in [2.24, 2.45) is 10.9 Å². The molecule has 0 radical (unpaired) electrons. The van der Waals surface area contributed by atoms with E-state index in [9.17, 15) is 0 Å². The summed E-state index contributed by atoms with van der Waals surface area (Å²) in [6, 6.07) is 38.6. The predicted octanol–water partition coefficient (Wildman–Crippen LogP) is 9.55. The Bertz CT molecular complexity index is 1810. The Kier molecular flexibility index (Phi) is 7.84. The molecule has 3 unspecified atom stereocenters. The summed E-state index contributed by atoms with van der Waals surface area (Å²) in [5.74, 6) is 0.497. The number of thiol groups is 1. The third-order valence-electron chi connectivity index (χ3n) is 8.66. The van der Waals surface area contributed by atoms with Crippen LogP contribution in [0.3, 0.4) is 0 Å². The molecule has 2 N–H and O–H groups in total. The van der Waals surface area contributed by atoms with Gasteiger partial charge in [-0.25, -0.2) is 0 Å². The van der Waals surface area contributed by atoms with Crippen molar-refractivity contribution in [2.75, 3.05) is 5.32 Å². The van der Waals surface area contributed by atoms with E-state index < -0.39 is 0 Å². The largest absolute Gasteiger partial charge is 0.360 e. The van der Waals surface area contributed by atoms with Crippen LogP contribution in [0.4, 0.5) is 5.69 Å². The molecule has 0 fully saturated rings. The maximum Gasteiger partial charge on any atom is 0.145 e. The standard InChI is InChI=1S/C40H37N3S/c1-26-13-16-30(17-14-26)39-34-23-27(2)15-22-35(34)42-40(43-39)31-18-20-33(21-19-31)41-36-24-32(28-9-5-3-6-10-28)25-37(44)38(36)29-11-7-4-8-12-29/h3-14,16-24,27,37,40-42,44H,15,25H2,1-2H3. The van der Waals surface area contributed by atoms with Crippen LogP contribution >= 0.6 is 12.6 Å². The normalized spacial score (nSPS) is 21.3. The topological polar surface area (TPSA) is 36.4 Å². The monoisotopic (exact) mass is 591 g/mol. The van der Waals surface area contributed by atoms with Crippen molar-refractivity contribution in [3.8, 4) is 0 Å². The number of allylic oxidation sites excluding steroid dienone is 5. The zero-order chi connectivity index (χ0) is 30.0. The highest BCUT2D eigenvalue weighted by atomic mass is 32.1. The molecule has 0 bridgehead atoms. The average Bonchev–Trinajstić information content (AvgIpc) is 3.06. The van der Waals surface area contributed by atoms with Gasteiger partial charge in [0.1, 0.15) is 6.17 Å². The average molecular weight is 592 g/mol. The second-order valence-corrected chi connectivity index (χ2v) is 12.6. The van der Waals surface area contributed by atoms with Gasteiger partial charge in [0.2, 0.25) is 0 Å². The van der Waals surface area contributed by atoms with E-state index in [1.165, 1.54) is 39.1 Å². The lowest BCUT2D eigenvalue weighted by Crippen LogP contribution is -2.31. The highest BCUT2D eigenvalue weighted by Gasteiger charge is 2.28. The minimum atomic E-state index is -0.155. The van der Waals surface area contributed by atoms with Crippen molar-refractivity contribution in [3.05, 3.63) is 172 Å². The number of aliphatic imine (C=N–C) groups is 1. The Morgan fingerprint density at radius 3 is 2.18 bits per heavy atom. The molecule has 0 amide bonds. The third-order valence-corrected chi connectivity index (χ3v) is 9.10. The summed E-state index contributed by atoms with van der Waals surface area (Å²) in [5.41, 5.74) is 14.0. The number of hydrogen-bond donors (Lipinski definition) is 3. The first kappa shape index (κ1) is 28.2. The summed E-state index contributed by atoms with van der Waals surface area (Å²) in [6.45, 7) is 4.39. The van der Waals surface area contributed by atoms with E-state index in [2.05, 4.69) is 152 Å². The van der Waals surface area contributed by atoms with Gasteiger partial charge in [-0.3, -0.25) is 4.99 Å². The van der Waals surface area contributed by atoms with E-state index in [0.29, 0.717) is 5.92 Å². The molecule has 7 rings (SSSR count). The van der Waals surface area contributed by atoms with Crippen molar-refractivity contribution in [1.82, 2.24) is 5.32 Å². The molecule has 0 saturated carbocycles. The van der Waals surface area contributed by atoms with Crippen LogP contribution in [0.1, 0.15) is 53.7 Å². The van der Waals surface area contributed by atoms with Crippen molar-refractivity contribution in [2.45, 2.75) is 38.1 Å². The van der Waals surface area contributed by atoms with Crippen LogP contribution < -0.4 is 10.6 Å². The van der Waals surface area contributed by atoms with Gasteiger partial charge >= 0.3 is 0 Å². The maximum absolute atomic E-state index is 5.27. The van der Waals surface area contributed by atoms with Gasteiger partial charge in [-0.2, -0.15) is 12.6 Å². The predicted molar refractivity (Wildman–Crippen MR) is 189 cm³/mol. The summed E-state index contributed by atoms with van der Waals surface area (Å²) < 4.78 is 0. The van der Waals surface area contributed by atoms with E-state index in [-0.39, 0.29) is 11.4 Å². The van der Waals surface area contributed by atoms with Gasteiger partial charge in [-0.05, 0) is 71.7 Å². The zero-order valence-corrected chi connectivity index (χ0v) is 26.1. The molecule has 4 aromatic carbocycles. The molecule has 3 aliphatic rings. The van der Waals surface area contributed by atoms with Crippen molar-refractivity contribution >= 4 is 35.2 Å². The van der Waals surface area contributed by atoms with Crippen LogP contribution in [0.15, 0.2) is 149 Å². The quantitative estimate of drug-likeness (QED) is 0.195. The second kappa shape index (κ2) is 12.2. The van der Waals surface area contributed by atoms with E-state index in [1.54, 1.807) is 0 Å². The highest BCUT2D eigenvalue weighted by Crippen LogP contribution is 2.39. The molecule has 0 spiro atoms. The lowest BCUT2D eigenvalue weighted by Gasteiger charge is -2.31. The first-order valence-electron chi connectivity index (χ1n) is 15.5. The molecule has 1 heterocycles. The molecule has 0 aromatic heterocycles. The number of rotatable bonds is 6. The summed E-state index contributed by atoms with van der Waals surface area (Å²) in [5, 5.41) is 7.55. The fraction of sp³-hybridized carbons (Fsp3) is 0.175. The minimum absolute atomic E-state index is 0.0779. The minimum Gasteiger partial charge on any atom is -0.360 e. The lowest BCUT2D eigenvalue weighted by molar-refractivity contribution is 0.603. The molecule has 1 aliphatic heterocycles. The van der Waals surface area contributed by atoms with E-state index in [4.69, 9.17) is 17.6 Å². The summed E-state index contributed by atoms with van der Waals surface area (Å²) in [4.78, 5) is 5.27. The molecule has 4 aromatic rings. The third kappa shape index (κ3) is 5.82. The zero-order valence-electron chi connectivity index (χ0n) is 25.2. The number of nitrogens with zero attached hydrogens (tertiary/aromatic N) is 1. The smallest absolute Gasteiger partial charge is 0.145 e. The Morgan fingerprint density at radius 2 is 1.48 bits per heavy atom. The number of aryl methyl sites for hydroxylation is 1. The molecule has 218 valence electrons. The maximum atomic E-state index is 5.27. The number of nitrogens with one attached hydrogen (secondary N) is 2. The molecule has 3 nitrogen and oxygen atoms in total. The summed E-state index contributed by atoms with van der Waals surface area (Å²) >= 11 is 5.10. The van der Waals surface area contributed by atoms with Gasteiger partial charge in [0.25, 0.3) is 0 Å². The number of fused-ring (bicyclic) bond motifs is 1. The van der Waals surface area contributed by atoms with Crippen LogP contribution in [-0.4, -0.2) is 11.0 Å². The van der Waals surface area contributed by atoms with E-state index >= 15 is 0 Å². The van der Waals surface area contributed by atoms with Crippen LogP contribution in [0.5, 0.6) is 0 Å². The highest BCUT2D eigenvalue weighted by molar-refractivity contribution is 7.81. The van der Waals surface area contributed by atoms with Gasteiger partial charge in [-0.1, -0.05) is 122 Å². The molecular formula is C40H37N3S. The Labute approximate surface area is 266 Å². The fourth-order valence-corrected chi connectivity index (χ4v) is 6.79. The van der Waals surface area contributed by atoms with Crippen LogP contribution in [0.2, 0.25) is 0 Å². The van der Waals surface area contributed by atoms with Crippen molar-refractivity contribution in [3.63, 3.8) is 0 Å². The number of hydrogen-bond acceptors (Lipinski definition) is 4. The molecule has 0 saturated heterocycles. The van der Waals surface area contributed by atoms with Gasteiger partial charge < -0.3 is 10.6 Å². The number of benzene rings is 4. The van der Waals surface area contributed by atoms with Gasteiger partial charge in [-0.15, -0.1) is 0 Å². The molecular weight excluding hydrogens is 555 g/mol. The second-order valence-electron chi connectivity index (χ2n) is 12.0. The van der Waals surface area contributed by atoms with E-state index in [1.807, 2.05) is 0 Å². The first-order valence-corrected chi connectivity index (χ1v) is 16.0. The van der Waals surface area contributed by atoms with Gasteiger partial charge in [0.15, 0.2) is 0 Å². The van der Waals surface area contributed by atoms with Crippen molar-refractivity contribution in [1.29, 1.82) is 0 Å². The van der Waals surface area contributed by atoms with Crippen LogP contribution in [0.25, 0.3) is 11.1 Å². The van der Waals surface area contributed by atoms with Gasteiger partial charge in [0, 0.05) is 33.5 Å². The fourth-order valence-electron chi connectivity index (χ4n) is 6.30. The number of anilines is 1. The Hall–Kier alpha value is -4.54. The summed E-state index contributed by atoms with van der Waals surface area (Å²) in [6.07, 6.45) is 8.74. The van der Waals surface area contributed by atoms with Crippen molar-refractivity contribution < 1.29 is 0 Å². The molecule has 4 heteroatoms. The molecule has 44 heavy (non-hydrogen) atoms. The lowest BCUT2D eigenvalue weighted by atomic mass is 9.87. The van der Waals surface area contributed by atoms with Crippen LogP contribution in [-0.2, 0) is 0 Å². The van der Waals surface area contributed by atoms with Crippen LogP contribution in [0, 0.1) is 12.8 Å². The Balaban J connectivity index is 1.22. The van der Waals surface area contributed by atoms with E-state index in [0.717, 1.165) is 41.1 Å². The summed E-state index contributed by atoms with van der Waals surface area (Å²) in [7, 11) is 0. The SMILES string of the molecule is Cc1ccc(C2=NC(c3ccc(NC4=C(c5ccccc5)C(S)CC(c5ccccc5)=C4)cc3)NC3=CCC(C)C=C32)cc1. The molecule has 3 atom stereocenters.